The van der Waals surface area contributed by atoms with Crippen LogP contribution >= 0.6 is 15.9 Å². The van der Waals surface area contributed by atoms with Crippen molar-refractivity contribution >= 4 is 33.8 Å². The van der Waals surface area contributed by atoms with E-state index < -0.39 is 0 Å². The first kappa shape index (κ1) is 13.4. The van der Waals surface area contributed by atoms with Crippen LogP contribution in [-0.2, 0) is 0 Å². The van der Waals surface area contributed by atoms with E-state index in [1.54, 1.807) is 19.0 Å². The molecule has 0 aromatic heterocycles. The molecule has 0 heterocycles. The predicted molar refractivity (Wildman–Crippen MR) is 71.8 cm³/mol. The summed E-state index contributed by atoms with van der Waals surface area (Å²) in [7, 11) is 3.61. The van der Waals surface area contributed by atoms with Gasteiger partial charge in [-0.3, -0.25) is 0 Å². The molecule has 0 saturated carbocycles. The first-order valence-corrected chi connectivity index (χ1v) is 5.49. The summed E-state index contributed by atoms with van der Waals surface area (Å²) < 4.78 is 13.8. The van der Waals surface area contributed by atoms with Crippen molar-refractivity contribution < 1.29 is 4.39 Å². The van der Waals surface area contributed by atoms with Crippen LogP contribution in [0.4, 0.5) is 10.1 Å². The molecule has 0 aliphatic carbocycles. The average molecular weight is 302 g/mol. The van der Waals surface area contributed by atoms with Crippen LogP contribution in [0.5, 0.6) is 0 Å². The lowest BCUT2D eigenvalue weighted by molar-refractivity contribution is 0.626. The lowest BCUT2D eigenvalue weighted by Crippen LogP contribution is -2.21. The fourth-order valence-corrected chi connectivity index (χ4v) is 1.75. The van der Waals surface area contributed by atoms with Crippen LogP contribution in [0.1, 0.15) is 5.56 Å². The summed E-state index contributed by atoms with van der Waals surface area (Å²) in [5, 5.41) is 7.20. The minimum atomic E-state index is -0.334. The summed E-state index contributed by atoms with van der Waals surface area (Å²) in [4.78, 5) is 1.77. The quantitative estimate of drug-likeness (QED) is 0.501. The first-order chi connectivity index (χ1) is 7.91. The zero-order valence-corrected chi connectivity index (χ0v) is 11.1. The molecule has 0 bridgehead atoms. The van der Waals surface area contributed by atoms with Crippen molar-refractivity contribution in [3.63, 3.8) is 0 Å². The molecule has 17 heavy (non-hydrogen) atoms. The molecule has 4 N–H and O–H groups in total. The van der Waals surface area contributed by atoms with Gasteiger partial charge in [-0.1, -0.05) is 0 Å². The number of anilines is 1. The van der Waals surface area contributed by atoms with Crippen molar-refractivity contribution in [2.75, 3.05) is 19.0 Å². The maximum Gasteiger partial charge on any atom is 0.211 e. The molecule has 5 nitrogen and oxygen atoms in total. The van der Waals surface area contributed by atoms with Crippen LogP contribution in [0.3, 0.4) is 0 Å². The maximum absolute atomic E-state index is 13.3. The van der Waals surface area contributed by atoms with Gasteiger partial charge < -0.3 is 16.4 Å². The number of halogens is 2. The highest BCUT2D eigenvalue weighted by Crippen LogP contribution is 2.26. The molecule has 0 radical (unpaired) electrons. The number of guanidine groups is 1. The smallest absolute Gasteiger partial charge is 0.211 e. The van der Waals surface area contributed by atoms with Crippen molar-refractivity contribution in [3.05, 3.63) is 28.0 Å². The van der Waals surface area contributed by atoms with Gasteiger partial charge >= 0.3 is 0 Å². The van der Waals surface area contributed by atoms with Gasteiger partial charge in [0, 0.05) is 29.8 Å². The topological polar surface area (TPSA) is 80.0 Å². The Morgan fingerprint density at radius 3 is 2.59 bits per heavy atom. The molecule has 0 atom stereocenters. The highest BCUT2D eigenvalue weighted by Gasteiger charge is 2.09. The van der Waals surface area contributed by atoms with Gasteiger partial charge in [0.15, 0.2) is 0 Å². The summed E-state index contributed by atoms with van der Waals surface area (Å²) >= 11 is 3.26. The standard InChI is InChI=1S/C10H13BrFN5/c1-17(2)9-4-6(12)3-8(11)7(9)5-15-16-10(13)14/h3-5H,1-2H3,(H4,13,14,16). The monoisotopic (exact) mass is 301 g/mol. The van der Waals surface area contributed by atoms with E-state index in [-0.39, 0.29) is 11.8 Å². The molecule has 0 unspecified atom stereocenters. The fraction of sp³-hybridized carbons (Fsp3) is 0.200. The molecule has 0 spiro atoms. The number of hydrogen-bond donors (Lipinski definition) is 2. The molecular formula is C10H13BrFN5. The zero-order chi connectivity index (χ0) is 13.0. The van der Waals surface area contributed by atoms with Crippen molar-refractivity contribution in [2.45, 2.75) is 0 Å². The van der Waals surface area contributed by atoms with Gasteiger partial charge in [0.2, 0.25) is 5.96 Å². The molecule has 0 aliphatic rings. The Morgan fingerprint density at radius 1 is 1.41 bits per heavy atom. The van der Waals surface area contributed by atoms with E-state index in [4.69, 9.17) is 11.5 Å². The van der Waals surface area contributed by atoms with E-state index in [0.29, 0.717) is 15.7 Å². The molecule has 7 heteroatoms. The van der Waals surface area contributed by atoms with E-state index >= 15 is 0 Å². The fourth-order valence-electron chi connectivity index (χ4n) is 1.22. The Bertz CT molecular complexity index is 466. The van der Waals surface area contributed by atoms with Gasteiger partial charge in [-0.25, -0.2) is 4.39 Å². The minimum absolute atomic E-state index is 0.133. The van der Waals surface area contributed by atoms with Gasteiger partial charge in [0.25, 0.3) is 0 Å². The van der Waals surface area contributed by atoms with E-state index in [1.807, 2.05) is 0 Å². The van der Waals surface area contributed by atoms with Crippen LogP contribution in [0.2, 0.25) is 0 Å². The van der Waals surface area contributed by atoms with Crippen molar-refractivity contribution in [2.24, 2.45) is 21.7 Å². The van der Waals surface area contributed by atoms with Gasteiger partial charge in [-0.2, -0.15) is 5.10 Å². The lowest BCUT2D eigenvalue weighted by atomic mass is 10.2. The summed E-state index contributed by atoms with van der Waals surface area (Å²) in [6, 6.07) is 2.76. The Kier molecular flexibility index (Phi) is 4.45. The largest absolute Gasteiger partial charge is 0.377 e. The summed E-state index contributed by atoms with van der Waals surface area (Å²) in [5.41, 5.74) is 11.7. The third kappa shape index (κ3) is 3.70. The first-order valence-electron chi connectivity index (χ1n) is 4.70. The van der Waals surface area contributed by atoms with Gasteiger partial charge in [0.05, 0.1) is 6.21 Å². The van der Waals surface area contributed by atoms with Gasteiger partial charge in [0.1, 0.15) is 5.82 Å². The molecule has 0 amide bonds. The van der Waals surface area contributed by atoms with E-state index in [0.717, 1.165) is 0 Å². The molecule has 1 aromatic carbocycles. The van der Waals surface area contributed by atoms with Gasteiger partial charge in [-0.05, 0) is 28.1 Å². The highest BCUT2D eigenvalue weighted by molar-refractivity contribution is 9.10. The van der Waals surface area contributed by atoms with Crippen molar-refractivity contribution in [1.29, 1.82) is 0 Å². The van der Waals surface area contributed by atoms with Crippen molar-refractivity contribution in [3.8, 4) is 0 Å². The molecule has 0 saturated heterocycles. The summed E-state index contributed by atoms with van der Waals surface area (Å²) in [6.45, 7) is 0. The zero-order valence-electron chi connectivity index (χ0n) is 9.48. The van der Waals surface area contributed by atoms with Crippen LogP contribution in [0.25, 0.3) is 0 Å². The Balaban J connectivity index is 3.22. The molecule has 92 valence electrons. The minimum Gasteiger partial charge on any atom is -0.377 e. The highest BCUT2D eigenvalue weighted by atomic mass is 79.9. The second-order valence-electron chi connectivity index (χ2n) is 3.48. The molecule has 1 aromatic rings. The Labute approximate surface area is 107 Å². The van der Waals surface area contributed by atoms with Crippen molar-refractivity contribution in [1.82, 2.24) is 0 Å². The molecule has 0 fully saturated rings. The van der Waals surface area contributed by atoms with Crippen LogP contribution in [-0.4, -0.2) is 26.3 Å². The summed E-state index contributed by atoms with van der Waals surface area (Å²) in [6.07, 6.45) is 1.46. The van der Waals surface area contributed by atoms with E-state index in [1.165, 1.54) is 18.3 Å². The third-order valence-corrected chi connectivity index (χ3v) is 2.57. The maximum atomic E-state index is 13.3. The number of nitrogens with zero attached hydrogens (tertiary/aromatic N) is 3. The van der Waals surface area contributed by atoms with E-state index in [9.17, 15) is 4.39 Å². The van der Waals surface area contributed by atoms with Crippen LogP contribution < -0.4 is 16.4 Å². The number of hydrogen-bond acceptors (Lipinski definition) is 3. The number of rotatable bonds is 3. The second-order valence-corrected chi connectivity index (χ2v) is 4.34. The average Bonchev–Trinajstić information content (AvgIpc) is 2.19. The normalized spacial score (nSPS) is 10.6. The Morgan fingerprint density at radius 2 is 2.06 bits per heavy atom. The third-order valence-electron chi connectivity index (χ3n) is 1.91. The lowest BCUT2D eigenvalue weighted by Gasteiger charge is -2.16. The van der Waals surface area contributed by atoms with Crippen LogP contribution in [0, 0.1) is 5.82 Å². The van der Waals surface area contributed by atoms with Crippen LogP contribution in [0.15, 0.2) is 26.8 Å². The molecular weight excluding hydrogens is 289 g/mol. The van der Waals surface area contributed by atoms with E-state index in [2.05, 4.69) is 26.1 Å². The summed E-state index contributed by atoms with van der Waals surface area (Å²) in [5.74, 6) is -0.467. The predicted octanol–water partition coefficient (Wildman–Crippen LogP) is 1.26. The Hall–Kier alpha value is -1.63. The molecule has 1 rings (SSSR count). The number of benzene rings is 1. The number of nitrogens with two attached hydrogens (primary N) is 2. The molecule has 0 aliphatic heterocycles. The van der Waals surface area contributed by atoms with Gasteiger partial charge in [-0.15, -0.1) is 5.10 Å². The SMILES string of the molecule is CN(C)c1cc(F)cc(Br)c1C=NN=C(N)N. The second kappa shape index (κ2) is 5.62.